The van der Waals surface area contributed by atoms with Gasteiger partial charge in [-0.3, -0.25) is 9.58 Å². The molecule has 0 amide bonds. The summed E-state index contributed by atoms with van der Waals surface area (Å²) in [5.41, 5.74) is 5.06. The SMILES string of the molecule is CN(C)CCN(C)Cc1nn2c(c1C1CCC3(CCCOC3)CC1)CCC2. The zero-order valence-corrected chi connectivity index (χ0v) is 17.7. The molecule has 5 nitrogen and oxygen atoms in total. The van der Waals surface area contributed by atoms with E-state index >= 15 is 0 Å². The first-order valence-electron chi connectivity index (χ1n) is 11.1. The van der Waals surface area contributed by atoms with Gasteiger partial charge in [0.25, 0.3) is 0 Å². The molecule has 152 valence electrons. The summed E-state index contributed by atoms with van der Waals surface area (Å²) in [5.74, 6) is 0.719. The van der Waals surface area contributed by atoms with E-state index in [1.54, 1.807) is 11.3 Å². The summed E-state index contributed by atoms with van der Waals surface area (Å²) in [7, 11) is 6.54. The Bertz CT molecular complexity index is 623. The van der Waals surface area contributed by atoms with Crippen LogP contribution < -0.4 is 0 Å². The first-order valence-corrected chi connectivity index (χ1v) is 11.1. The van der Waals surface area contributed by atoms with E-state index in [9.17, 15) is 0 Å². The minimum Gasteiger partial charge on any atom is -0.381 e. The lowest BCUT2D eigenvalue weighted by Crippen LogP contribution is -2.35. The molecule has 2 fully saturated rings. The van der Waals surface area contributed by atoms with Gasteiger partial charge in [-0.1, -0.05) is 0 Å². The summed E-state index contributed by atoms with van der Waals surface area (Å²) in [6, 6.07) is 0. The number of rotatable bonds is 6. The van der Waals surface area contributed by atoms with Crippen LogP contribution in [0.5, 0.6) is 0 Å². The molecule has 0 atom stereocenters. The van der Waals surface area contributed by atoms with Crippen LogP contribution in [0.3, 0.4) is 0 Å². The first-order chi connectivity index (χ1) is 13.1. The Hall–Kier alpha value is -0.910. The Balaban J connectivity index is 1.47. The molecule has 0 bridgehead atoms. The van der Waals surface area contributed by atoms with Gasteiger partial charge in [0.2, 0.25) is 0 Å². The van der Waals surface area contributed by atoms with Crippen molar-refractivity contribution in [2.45, 2.75) is 70.4 Å². The van der Waals surface area contributed by atoms with Gasteiger partial charge in [0, 0.05) is 44.0 Å². The molecule has 27 heavy (non-hydrogen) atoms. The molecule has 3 heterocycles. The monoisotopic (exact) mass is 374 g/mol. The van der Waals surface area contributed by atoms with Gasteiger partial charge < -0.3 is 9.64 Å². The van der Waals surface area contributed by atoms with Gasteiger partial charge >= 0.3 is 0 Å². The van der Waals surface area contributed by atoms with E-state index in [2.05, 4.69) is 35.6 Å². The molecule has 0 unspecified atom stereocenters. The van der Waals surface area contributed by atoms with Gasteiger partial charge in [-0.05, 0) is 83.8 Å². The third-order valence-corrected chi connectivity index (χ3v) is 7.17. The Morgan fingerprint density at radius 3 is 2.63 bits per heavy atom. The number of likely N-dealkylation sites (N-methyl/N-ethyl adjacent to an activating group) is 2. The van der Waals surface area contributed by atoms with E-state index in [0.717, 1.165) is 45.3 Å². The predicted octanol–water partition coefficient (Wildman–Crippen LogP) is 3.28. The first kappa shape index (κ1) is 19.4. The maximum Gasteiger partial charge on any atom is 0.0802 e. The third kappa shape index (κ3) is 4.25. The smallest absolute Gasteiger partial charge is 0.0802 e. The summed E-state index contributed by atoms with van der Waals surface area (Å²) < 4.78 is 8.19. The second-order valence-electron chi connectivity index (χ2n) is 9.61. The average Bonchev–Trinajstić information content (AvgIpc) is 3.23. The molecule has 0 radical (unpaired) electrons. The summed E-state index contributed by atoms with van der Waals surface area (Å²) in [6.07, 6.45) is 10.5. The van der Waals surface area contributed by atoms with Gasteiger partial charge in [-0.15, -0.1) is 0 Å². The fraction of sp³-hybridized carbons (Fsp3) is 0.864. The van der Waals surface area contributed by atoms with Crippen LogP contribution in [0, 0.1) is 5.41 Å². The van der Waals surface area contributed by atoms with E-state index in [0.29, 0.717) is 5.41 Å². The number of fused-ring (bicyclic) bond motifs is 1. The Morgan fingerprint density at radius 1 is 1.11 bits per heavy atom. The van der Waals surface area contributed by atoms with Crippen LogP contribution in [0.25, 0.3) is 0 Å². The van der Waals surface area contributed by atoms with Crippen molar-refractivity contribution in [3.8, 4) is 0 Å². The maximum atomic E-state index is 5.86. The minimum atomic E-state index is 0.494. The summed E-state index contributed by atoms with van der Waals surface area (Å²) in [5, 5.41) is 5.07. The number of hydrogen-bond acceptors (Lipinski definition) is 4. The largest absolute Gasteiger partial charge is 0.381 e. The summed E-state index contributed by atoms with van der Waals surface area (Å²) >= 11 is 0. The van der Waals surface area contributed by atoms with Crippen LogP contribution in [0.15, 0.2) is 0 Å². The Kier molecular flexibility index (Phi) is 5.91. The molecule has 0 N–H and O–H groups in total. The summed E-state index contributed by atoms with van der Waals surface area (Å²) in [6.45, 7) is 6.30. The highest BCUT2D eigenvalue weighted by molar-refractivity contribution is 5.33. The maximum absolute atomic E-state index is 5.86. The van der Waals surface area contributed by atoms with E-state index in [1.807, 2.05) is 0 Å². The molecule has 1 saturated carbocycles. The molecule has 5 heteroatoms. The van der Waals surface area contributed by atoms with Gasteiger partial charge in [-0.2, -0.15) is 5.10 Å². The average molecular weight is 375 g/mol. The number of nitrogens with zero attached hydrogens (tertiary/aromatic N) is 4. The van der Waals surface area contributed by atoms with Crippen molar-refractivity contribution in [2.24, 2.45) is 5.41 Å². The zero-order chi connectivity index (χ0) is 18.9. The van der Waals surface area contributed by atoms with Crippen LogP contribution in [-0.2, 0) is 24.2 Å². The molecule has 1 saturated heterocycles. The molecule has 1 spiro atoms. The highest BCUT2D eigenvalue weighted by atomic mass is 16.5. The second kappa shape index (κ2) is 8.22. The van der Waals surface area contributed by atoms with Crippen LogP contribution in [0.2, 0.25) is 0 Å². The topological polar surface area (TPSA) is 33.5 Å². The predicted molar refractivity (Wildman–Crippen MR) is 109 cm³/mol. The number of ether oxygens (including phenoxy) is 1. The van der Waals surface area contributed by atoms with Crippen molar-refractivity contribution in [3.05, 3.63) is 17.0 Å². The van der Waals surface area contributed by atoms with Crippen LogP contribution in [-0.4, -0.2) is 67.0 Å². The van der Waals surface area contributed by atoms with Crippen molar-refractivity contribution in [2.75, 3.05) is 47.4 Å². The lowest BCUT2D eigenvalue weighted by molar-refractivity contribution is -0.0309. The van der Waals surface area contributed by atoms with Crippen molar-refractivity contribution in [1.82, 2.24) is 19.6 Å². The van der Waals surface area contributed by atoms with Crippen LogP contribution in [0.4, 0.5) is 0 Å². The van der Waals surface area contributed by atoms with Crippen LogP contribution >= 0.6 is 0 Å². The van der Waals surface area contributed by atoms with E-state index in [4.69, 9.17) is 9.84 Å². The molecule has 3 aliphatic rings. The van der Waals surface area contributed by atoms with Crippen molar-refractivity contribution in [1.29, 1.82) is 0 Å². The minimum absolute atomic E-state index is 0.494. The van der Waals surface area contributed by atoms with Crippen molar-refractivity contribution < 1.29 is 4.74 Å². The molecule has 1 aromatic heterocycles. The fourth-order valence-corrected chi connectivity index (χ4v) is 5.53. The van der Waals surface area contributed by atoms with E-state index in [-0.39, 0.29) is 0 Å². The molecular weight excluding hydrogens is 336 g/mol. The summed E-state index contributed by atoms with van der Waals surface area (Å²) in [4.78, 5) is 4.71. The number of aryl methyl sites for hydroxylation is 1. The van der Waals surface area contributed by atoms with Gasteiger partial charge in [0.05, 0.1) is 12.3 Å². The molecule has 0 aromatic carbocycles. The third-order valence-electron chi connectivity index (χ3n) is 7.17. The number of aromatic nitrogens is 2. The van der Waals surface area contributed by atoms with Crippen LogP contribution in [0.1, 0.15) is 67.8 Å². The molecule has 1 aromatic rings. The van der Waals surface area contributed by atoms with Crippen molar-refractivity contribution in [3.63, 3.8) is 0 Å². The van der Waals surface area contributed by atoms with Gasteiger partial charge in [-0.25, -0.2) is 0 Å². The van der Waals surface area contributed by atoms with E-state index < -0.39 is 0 Å². The lowest BCUT2D eigenvalue weighted by Gasteiger charge is -2.42. The molecule has 1 aliphatic carbocycles. The Morgan fingerprint density at radius 2 is 1.93 bits per heavy atom. The molecule has 2 aliphatic heterocycles. The Labute approximate surface area is 165 Å². The quantitative estimate of drug-likeness (QED) is 0.765. The zero-order valence-electron chi connectivity index (χ0n) is 17.7. The van der Waals surface area contributed by atoms with Crippen molar-refractivity contribution >= 4 is 0 Å². The lowest BCUT2D eigenvalue weighted by atomic mass is 9.66. The number of hydrogen-bond donors (Lipinski definition) is 0. The standard InChI is InChI=1S/C22H38N4O/c1-24(2)13-14-25(3)16-19-21(20-6-4-12-26(20)23-19)18-7-10-22(11-8-18)9-5-15-27-17-22/h18H,4-17H2,1-3H3. The molecule has 4 rings (SSSR count). The second-order valence-corrected chi connectivity index (χ2v) is 9.61. The van der Waals surface area contributed by atoms with Gasteiger partial charge in [0.15, 0.2) is 0 Å². The normalized spacial score (nSPS) is 28.4. The fourth-order valence-electron chi connectivity index (χ4n) is 5.53. The highest BCUT2D eigenvalue weighted by Gasteiger charge is 2.39. The van der Waals surface area contributed by atoms with Gasteiger partial charge in [0.1, 0.15) is 0 Å². The van der Waals surface area contributed by atoms with E-state index in [1.165, 1.54) is 57.1 Å². The highest BCUT2D eigenvalue weighted by Crippen LogP contribution is 2.48. The molecular formula is C22H38N4O.